The van der Waals surface area contributed by atoms with Crippen molar-refractivity contribution in [1.29, 1.82) is 0 Å². The highest BCUT2D eigenvalue weighted by Gasteiger charge is 2.36. The third-order valence-corrected chi connectivity index (χ3v) is 4.99. The van der Waals surface area contributed by atoms with E-state index in [0.717, 1.165) is 32.1 Å². The van der Waals surface area contributed by atoms with E-state index in [4.69, 9.17) is 18.0 Å². The number of hydrogen-bond acceptors (Lipinski definition) is 2. The van der Waals surface area contributed by atoms with Crippen LogP contribution in [0, 0.1) is 9.39 Å². The number of thiocarbonyl (C=S) groups is 1. The van der Waals surface area contributed by atoms with E-state index in [2.05, 4.69) is 5.32 Å². The Morgan fingerprint density at radius 3 is 2.55 bits per heavy atom. The van der Waals surface area contributed by atoms with Gasteiger partial charge in [0.15, 0.2) is 0 Å². The standard InChI is InChI=1S/C14H16FIN2OS/c15-9-4-5-10(11(16)8-9)12(19)18-14(13(17)20)6-2-1-3-7-14/h4-5,8H,1-3,6-7H2,(H2,17,20)(H,18,19). The van der Waals surface area contributed by atoms with Crippen molar-refractivity contribution in [2.75, 3.05) is 0 Å². The van der Waals surface area contributed by atoms with Crippen LogP contribution in [0.1, 0.15) is 42.5 Å². The summed E-state index contributed by atoms with van der Waals surface area (Å²) in [5.74, 6) is -0.600. The van der Waals surface area contributed by atoms with Gasteiger partial charge in [-0.3, -0.25) is 4.79 Å². The van der Waals surface area contributed by atoms with E-state index in [1.807, 2.05) is 22.6 Å². The van der Waals surface area contributed by atoms with Crippen LogP contribution in [0.5, 0.6) is 0 Å². The molecule has 20 heavy (non-hydrogen) atoms. The van der Waals surface area contributed by atoms with Crippen LogP contribution in [0.25, 0.3) is 0 Å². The summed E-state index contributed by atoms with van der Waals surface area (Å²) < 4.78 is 13.7. The summed E-state index contributed by atoms with van der Waals surface area (Å²) in [5, 5.41) is 2.98. The third-order valence-electron chi connectivity index (χ3n) is 3.71. The molecule has 108 valence electrons. The lowest BCUT2D eigenvalue weighted by molar-refractivity contribution is 0.0907. The fraction of sp³-hybridized carbons (Fsp3) is 0.429. The number of hydrogen-bond donors (Lipinski definition) is 2. The van der Waals surface area contributed by atoms with Crippen molar-refractivity contribution in [2.45, 2.75) is 37.6 Å². The molecule has 1 aliphatic rings. The summed E-state index contributed by atoms with van der Waals surface area (Å²) in [7, 11) is 0. The molecule has 0 aromatic heterocycles. The molecule has 0 spiro atoms. The van der Waals surface area contributed by atoms with Gasteiger partial charge in [-0.2, -0.15) is 0 Å². The third kappa shape index (κ3) is 3.28. The maximum absolute atomic E-state index is 13.1. The molecule has 0 unspecified atom stereocenters. The number of amides is 1. The van der Waals surface area contributed by atoms with Gasteiger partial charge in [-0.25, -0.2) is 4.39 Å². The molecule has 0 atom stereocenters. The summed E-state index contributed by atoms with van der Waals surface area (Å²) in [4.78, 5) is 12.7. The molecule has 0 bridgehead atoms. The van der Waals surface area contributed by atoms with E-state index in [0.29, 0.717) is 14.1 Å². The van der Waals surface area contributed by atoms with E-state index >= 15 is 0 Å². The number of nitrogens with one attached hydrogen (secondary N) is 1. The summed E-state index contributed by atoms with van der Waals surface area (Å²) >= 11 is 7.10. The molecule has 6 heteroatoms. The summed E-state index contributed by atoms with van der Waals surface area (Å²) in [6.45, 7) is 0. The van der Waals surface area contributed by atoms with Crippen molar-refractivity contribution < 1.29 is 9.18 Å². The van der Waals surface area contributed by atoms with E-state index in [1.165, 1.54) is 18.2 Å². The van der Waals surface area contributed by atoms with E-state index < -0.39 is 5.54 Å². The van der Waals surface area contributed by atoms with Crippen LogP contribution in [0.4, 0.5) is 4.39 Å². The Kier molecular flexibility index (Phi) is 4.95. The highest BCUT2D eigenvalue weighted by Crippen LogP contribution is 2.29. The maximum Gasteiger partial charge on any atom is 0.253 e. The first-order valence-corrected chi connectivity index (χ1v) is 8.01. The minimum Gasteiger partial charge on any atom is -0.391 e. The molecule has 0 radical (unpaired) electrons. The van der Waals surface area contributed by atoms with Gasteiger partial charge < -0.3 is 11.1 Å². The normalized spacial score (nSPS) is 17.5. The van der Waals surface area contributed by atoms with Crippen LogP contribution in [0.15, 0.2) is 18.2 Å². The molecule has 0 saturated heterocycles. The molecule has 3 nitrogen and oxygen atoms in total. The number of rotatable bonds is 3. The Morgan fingerprint density at radius 1 is 1.35 bits per heavy atom. The summed E-state index contributed by atoms with van der Waals surface area (Å²) in [5.41, 5.74) is 5.70. The molecule has 1 aromatic rings. The second-order valence-corrected chi connectivity index (χ2v) is 6.69. The Balaban J connectivity index is 2.22. The molecule has 1 amide bonds. The van der Waals surface area contributed by atoms with Crippen molar-refractivity contribution >= 4 is 45.7 Å². The van der Waals surface area contributed by atoms with Gasteiger partial charge in [0.25, 0.3) is 5.91 Å². The molecule has 1 saturated carbocycles. The zero-order valence-electron chi connectivity index (χ0n) is 10.9. The molecule has 3 N–H and O–H groups in total. The van der Waals surface area contributed by atoms with E-state index in [9.17, 15) is 9.18 Å². The van der Waals surface area contributed by atoms with Gasteiger partial charge in [0.2, 0.25) is 0 Å². The molecule has 0 heterocycles. The van der Waals surface area contributed by atoms with Crippen molar-refractivity contribution in [3.63, 3.8) is 0 Å². The minimum absolute atomic E-state index is 0.246. The Morgan fingerprint density at radius 2 is 2.00 bits per heavy atom. The number of halogens is 2. The van der Waals surface area contributed by atoms with Crippen LogP contribution >= 0.6 is 34.8 Å². The van der Waals surface area contributed by atoms with Crippen LogP contribution < -0.4 is 11.1 Å². The fourth-order valence-corrected chi connectivity index (χ4v) is 3.52. The van der Waals surface area contributed by atoms with Gasteiger partial charge in [0.1, 0.15) is 5.82 Å². The monoisotopic (exact) mass is 406 g/mol. The van der Waals surface area contributed by atoms with Gasteiger partial charge in [0.05, 0.1) is 16.1 Å². The number of benzene rings is 1. The average molecular weight is 406 g/mol. The summed E-state index contributed by atoms with van der Waals surface area (Å²) in [6, 6.07) is 4.11. The molecule has 2 rings (SSSR count). The lowest BCUT2D eigenvalue weighted by Crippen LogP contribution is -2.57. The van der Waals surface area contributed by atoms with Crippen LogP contribution in [-0.2, 0) is 0 Å². The largest absolute Gasteiger partial charge is 0.391 e. The predicted molar refractivity (Wildman–Crippen MR) is 89.2 cm³/mol. The minimum atomic E-state index is -0.595. The lowest BCUT2D eigenvalue weighted by Gasteiger charge is -2.37. The zero-order chi connectivity index (χ0) is 14.8. The van der Waals surface area contributed by atoms with Gasteiger partial charge in [-0.05, 0) is 53.6 Å². The Bertz CT molecular complexity index is 544. The molecule has 1 aromatic carbocycles. The van der Waals surface area contributed by atoms with Crippen molar-refractivity contribution in [3.05, 3.63) is 33.1 Å². The average Bonchev–Trinajstić information content (AvgIpc) is 2.39. The SMILES string of the molecule is NC(=S)C1(NC(=O)c2ccc(F)cc2I)CCCCC1. The first kappa shape index (κ1) is 15.6. The van der Waals surface area contributed by atoms with E-state index in [-0.39, 0.29) is 11.7 Å². The number of nitrogens with two attached hydrogens (primary N) is 1. The van der Waals surface area contributed by atoms with Gasteiger partial charge in [0, 0.05) is 3.57 Å². The Labute approximate surface area is 136 Å². The van der Waals surface area contributed by atoms with Crippen molar-refractivity contribution in [1.82, 2.24) is 5.32 Å². The Hall–Kier alpha value is -0.760. The first-order valence-electron chi connectivity index (χ1n) is 6.52. The molecular weight excluding hydrogens is 390 g/mol. The second-order valence-electron chi connectivity index (χ2n) is 5.09. The quantitative estimate of drug-likeness (QED) is 0.599. The van der Waals surface area contributed by atoms with Gasteiger partial charge >= 0.3 is 0 Å². The lowest BCUT2D eigenvalue weighted by atomic mass is 9.81. The van der Waals surface area contributed by atoms with Crippen LogP contribution in [0.2, 0.25) is 0 Å². The highest BCUT2D eigenvalue weighted by atomic mass is 127. The highest BCUT2D eigenvalue weighted by molar-refractivity contribution is 14.1. The van der Waals surface area contributed by atoms with Crippen molar-refractivity contribution in [2.24, 2.45) is 5.73 Å². The zero-order valence-corrected chi connectivity index (χ0v) is 13.9. The topological polar surface area (TPSA) is 55.1 Å². The molecule has 1 aliphatic carbocycles. The van der Waals surface area contributed by atoms with Gasteiger partial charge in [-0.1, -0.05) is 31.5 Å². The smallest absolute Gasteiger partial charge is 0.253 e. The van der Waals surface area contributed by atoms with Crippen LogP contribution in [-0.4, -0.2) is 16.4 Å². The van der Waals surface area contributed by atoms with E-state index in [1.54, 1.807) is 0 Å². The van der Waals surface area contributed by atoms with Crippen molar-refractivity contribution in [3.8, 4) is 0 Å². The number of carbonyl (C=O) groups excluding carboxylic acids is 1. The first-order chi connectivity index (χ1) is 9.44. The molecule has 1 fully saturated rings. The fourth-order valence-electron chi connectivity index (χ4n) is 2.55. The summed E-state index contributed by atoms with van der Waals surface area (Å²) in [6.07, 6.45) is 4.67. The predicted octanol–water partition coefficient (Wildman–Crippen LogP) is 3.15. The molecule has 0 aliphatic heterocycles. The maximum atomic E-state index is 13.1. The molecular formula is C14H16FIN2OS. The second kappa shape index (κ2) is 6.34. The number of carbonyl (C=O) groups is 1. The van der Waals surface area contributed by atoms with Gasteiger partial charge in [-0.15, -0.1) is 0 Å². The van der Waals surface area contributed by atoms with Crippen LogP contribution in [0.3, 0.4) is 0 Å².